The van der Waals surface area contributed by atoms with E-state index in [1.165, 1.54) is 4.68 Å². The average Bonchev–Trinajstić information content (AvgIpc) is 3.52. The van der Waals surface area contributed by atoms with E-state index in [-0.39, 0.29) is 18.0 Å². The van der Waals surface area contributed by atoms with E-state index in [0.717, 1.165) is 25.3 Å². The second-order valence-corrected chi connectivity index (χ2v) is 8.81. The van der Waals surface area contributed by atoms with Crippen LogP contribution in [0, 0.1) is 6.92 Å². The number of ether oxygens (including phenoxy) is 1. The van der Waals surface area contributed by atoms with Crippen molar-refractivity contribution < 1.29 is 9.53 Å². The zero-order chi connectivity index (χ0) is 24.4. The molecule has 0 bridgehead atoms. The normalized spacial score (nSPS) is 14.5. The predicted molar refractivity (Wildman–Crippen MR) is 132 cm³/mol. The minimum Gasteiger partial charge on any atom is -0.379 e. The number of hydrogen-bond donors (Lipinski definition) is 1. The molecule has 0 saturated carbocycles. The highest BCUT2D eigenvalue weighted by Crippen LogP contribution is 2.25. The van der Waals surface area contributed by atoms with Crippen molar-refractivity contribution in [3.63, 3.8) is 0 Å². The molecular weight excluding hydrogens is 470 g/mol. The molecule has 182 valence electrons. The van der Waals surface area contributed by atoms with E-state index in [1.54, 1.807) is 23.7 Å². The number of morpholine rings is 1. The highest BCUT2D eigenvalue weighted by Gasteiger charge is 2.22. The molecule has 4 aromatic rings. The molecule has 10 nitrogen and oxygen atoms in total. The molecule has 1 aromatic carbocycles. The first kappa shape index (κ1) is 23.3. The van der Waals surface area contributed by atoms with E-state index in [4.69, 9.17) is 21.4 Å². The maximum atomic E-state index is 13.6. The van der Waals surface area contributed by atoms with Crippen LogP contribution in [-0.4, -0.2) is 74.3 Å². The number of amides is 1. The number of halogens is 1. The monoisotopic (exact) mass is 495 g/mol. The lowest BCUT2D eigenvalue weighted by Gasteiger charge is -2.26. The Morgan fingerprint density at radius 3 is 2.54 bits per heavy atom. The lowest BCUT2D eigenvalue weighted by atomic mass is 10.2. The number of benzene rings is 1. The van der Waals surface area contributed by atoms with Gasteiger partial charge >= 0.3 is 0 Å². The van der Waals surface area contributed by atoms with Gasteiger partial charge in [0.05, 0.1) is 24.6 Å². The Labute approximate surface area is 206 Å². The van der Waals surface area contributed by atoms with Crippen LogP contribution in [0.2, 0.25) is 5.02 Å². The summed E-state index contributed by atoms with van der Waals surface area (Å²) in [6.07, 6.45) is 3.70. The third kappa shape index (κ3) is 4.86. The van der Waals surface area contributed by atoms with E-state index >= 15 is 0 Å². The van der Waals surface area contributed by atoms with Crippen LogP contribution in [0.4, 0.5) is 0 Å². The number of aryl methyl sites for hydroxylation is 1. The fourth-order valence-corrected chi connectivity index (χ4v) is 4.34. The molecule has 1 N–H and O–H groups in total. The molecule has 0 radical (unpaired) electrons. The van der Waals surface area contributed by atoms with Crippen molar-refractivity contribution in [3.8, 4) is 11.5 Å². The highest BCUT2D eigenvalue weighted by molar-refractivity contribution is 6.30. The first-order valence-corrected chi connectivity index (χ1v) is 11.9. The molecule has 35 heavy (non-hydrogen) atoms. The van der Waals surface area contributed by atoms with Gasteiger partial charge < -0.3 is 14.6 Å². The lowest BCUT2D eigenvalue weighted by Crippen LogP contribution is -2.42. The SMILES string of the molecule is Cc1nn(CC(=O)NCCN2CCOCC2)c(=O)c2c(-n3cccc3)n(-c3ccc(Cl)cc3)nc12. The Kier molecular flexibility index (Phi) is 6.67. The molecule has 11 heteroatoms. The quantitative estimate of drug-likeness (QED) is 0.419. The molecule has 1 aliphatic heterocycles. The van der Waals surface area contributed by atoms with Gasteiger partial charge in [-0.2, -0.15) is 10.2 Å². The summed E-state index contributed by atoms with van der Waals surface area (Å²) >= 11 is 6.07. The van der Waals surface area contributed by atoms with Crippen LogP contribution in [0.25, 0.3) is 22.4 Å². The minimum absolute atomic E-state index is 0.171. The van der Waals surface area contributed by atoms with Crippen molar-refractivity contribution in [2.75, 3.05) is 39.4 Å². The summed E-state index contributed by atoms with van der Waals surface area (Å²) in [5.41, 5.74) is 1.41. The fraction of sp³-hybridized carbons (Fsp3) is 0.333. The van der Waals surface area contributed by atoms with Crippen LogP contribution in [0.3, 0.4) is 0 Å². The van der Waals surface area contributed by atoms with Crippen molar-refractivity contribution in [2.45, 2.75) is 13.5 Å². The summed E-state index contributed by atoms with van der Waals surface area (Å²) in [4.78, 5) is 28.4. The van der Waals surface area contributed by atoms with Crippen LogP contribution in [0.15, 0.2) is 53.6 Å². The molecule has 0 atom stereocenters. The van der Waals surface area contributed by atoms with Crippen molar-refractivity contribution in [2.24, 2.45) is 0 Å². The van der Waals surface area contributed by atoms with E-state index in [9.17, 15) is 9.59 Å². The van der Waals surface area contributed by atoms with Crippen LogP contribution in [0.5, 0.6) is 0 Å². The largest absolute Gasteiger partial charge is 0.379 e. The summed E-state index contributed by atoms with van der Waals surface area (Å²) in [5, 5.41) is 13.0. The van der Waals surface area contributed by atoms with Crippen LogP contribution in [-0.2, 0) is 16.1 Å². The number of carbonyl (C=O) groups excluding carboxylic acids is 1. The van der Waals surface area contributed by atoms with Gasteiger partial charge in [0.25, 0.3) is 5.56 Å². The number of carbonyl (C=O) groups is 1. The predicted octanol–water partition coefficient (Wildman–Crippen LogP) is 1.78. The molecule has 0 aliphatic carbocycles. The molecule has 0 spiro atoms. The van der Waals surface area contributed by atoms with E-state index in [1.807, 2.05) is 41.2 Å². The van der Waals surface area contributed by atoms with E-state index in [2.05, 4.69) is 15.3 Å². The average molecular weight is 496 g/mol. The van der Waals surface area contributed by atoms with E-state index < -0.39 is 0 Å². The maximum Gasteiger partial charge on any atom is 0.280 e. The molecular formula is C24H26ClN7O3. The number of hydrogen-bond acceptors (Lipinski definition) is 6. The van der Waals surface area contributed by atoms with Gasteiger partial charge in [0, 0.05) is 43.6 Å². The number of aromatic nitrogens is 5. The zero-order valence-corrected chi connectivity index (χ0v) is 20.1. The summed E-state index contributed by atoms with van der Waals surface area (Å²) in [6, 6.07) is 11.0. The number of fused-ring (bicyclic) bond motifs is 1. The Bertz CT molecular complexity index is 1390. The number of rotatable bonds is 7. The molecule has 1 amide bonds. The Balaban J connectivity index is 1.47. The summed E-state index contributed by atoms with van der Waals surface area (Å²) in [7, 11) is 0. The Morgan fingerprint density at radius 2 is 1.83 bits per heavy atom. The molecule has 5 rings (SSSR count). The molecule has 0 unspecified atom stereocenters. The van der Waals surface area contributed by atoms with Gasteiger partial charge in [0.15, 0.2) is 5.82 Å². The van der Waals surface area contributed by atoms with Crippen molar-refractivity contribution in [1.82, 2.24) is 34.3 Å². The Morgan fingerprint density at radius 1 is 1.11 bits per heavy atom. The van der Waals surface area contributed by atoms with Crippen LogP contribution >= 0.6 is 11.6 Å². The highest BCUT2D eigenvalue weighted by atomic mass is 35.5. The summed E-state index contributed by atoms with van der Waals surface area (Å²) in [6.45, 7) is 5.97. The van der Waals surface area contributed by atoms with Crippen LogP contribution in [0.1, 0.15) is 5.69 Å². The van der Waals surface area contributed by atoms with Crippen molar-refractivity contribution in [3.05, 3.63) is 69.9 Å². The molecule has 4 heterocycles. The van der Waals surface area contributed by atoms with Crippen molar-refractivity contribution >= 4 is 28.4 Å². The molecule has 3 aromatic heterocycles. The third-order valence-corrected chi connectivity index (χ3v) is 6.24. The van der Waals surface area contributed by atoms with Crippen molar-refractivity contribution in [1.29, 1.82) is 0 Å². The molecule has 1 aliphatic rings. The smallest absolute Gasteiger partial charge is 0.280 e. The van der Waals surface area contributed by atoms with Gasteiger partial charge in [0.2, 0.25) is 5.91 Å². The fourth-order valence-electron chi connectivity index (χ4n) is 4.22. The first-order valence-electron chi connectivity index (χ1n) is 11.5. The van der Waals surface area contributed by atoms with Gasteiger partial charge in [0.1, 0.15) is 17.4 Å². The lowest BCUT2D eigenvalue weighted by molar-refractivity contribution is -0.122. The minimum atomic E-state index is -0.377. The van der Waals surface area contributed by atoms with E-state index in [0.29, 0.717) is 47.2 Å². The number of nitrogens with one attached hydrogen (secondary N) is 1. The summed E-state index contributed by atoms with van der Waals surface area (Å²) < 4.78 is 10.1. The number of nitrogens with zero attached hydrogens (tertiary/aromatic N) is 6. The first-order chi connectivity index (χ1) is 17.0. The summed E-state index contributed by atoms with van der Waals surface area (Å²) in [5.74, 6) is 0.309. The van der Waals surface area contributed by atoms with Gasteiger partial charge in [-0.1, -0.05) is 11.6 Å². The standard InChI is InChI=1S/C24H26ClN7O3/c1-17-22-21(23(30-9-2-3-10-30)32(28-22)19-6-4-18(25)5-7-19)24(34)31(27-17)16-20(33)26-8-11-29-12-14-35-15-13-29/h2-7,9-10H,8,11-16H2,1H3,(H,26,33). The topological polar surface area (TPSA) is 99.2 Å². The van der Waals surface area contributed by atoms with Gasteiger partial charge in [-0.15, -0.1) is 0 Å². The van der Waals surface area contributed by atoms with Gasteiger partial charge in [-0.25, -0.2) is 9.36 Å². The second-order valence-electron chi connectivity index (χ2n) is 8.38. The van der Waals surface area contributed by atoms with Gasteiger partial charge in [-0.3, -0.25) is 14.5 Å². The third-order valence-electron chi connectivity index (χ3n) is 5.99. The molecule has 1 saturated heterocycles. The maximum absolute atomic E-state index is 13.6. The van der Waals surface area contributed by atoms with Crippen LogP contribution < -0.4 is 10.9 Å². The zero-order valence-electron chi connectivity index (χ0n) is 19.4. The Hall–Kier alpha value is -3.47. The van der Waals surface area contributed by atoms with Gasteiger partial charge in [-0.05, 0) is 43.3 Å². The molecule has 1 fully saturated rings. The second kappa shape index (κ2) is 10.0.